The average Bonchev–Trinajstić information content (AvgIpc) is 2.76. The van der Waals surface area contributed by atoms with Crippen LogP contribution in [0.3, 0.4) is 0 Å². The number of guanidine groups is 1. The van der Waals surface area contributed by atoms with Crippen molar-refractivity contribution < 1.29 is 4.74 Å². The van der Waals surface area contributed by atoms with E-state index in [9.17, 15) is 0 Å². The number of halogens is 1. The number of anilines is 1. The Morgan fingerprint density at radius 3 is 2.67 bits per heavy atom. The summed E-state index contributed by atoms with van der Waals surface area (Å²) in [5.74, 6) is 2.71. The van der Waals surface area contributed by atoms with Gasteiger partial charge in [0.05, 0.1) is 13.7 Å². The highest BCUT2D eigenvalue weighted by Crippen LogP contribution is 2.18. The summed E-state index contributed by atoms with van der Waals surface area (Å²) >= 11 is 0. The monoisotopic (exact) mass is 524 g/mol. The van der Waals surface area contributed by atoms with Crippen molar-refractivity contribution in [3.63, 3.8) is 0 Å². The van der Waals surface area contributed by atoms with Gasteiger partial charge in [0.2, 0.25) is 0 Å². The number of nitrogens with one attached hydrogen (secondary N) is 2. The van der Waals surface area contributed by atoms with Crippen LogP contribution >= 0.6 is 24.0 Å². The van der Waals surface area contributed by atoms with E-state index in [1.165, 1.54) is 5.56 Å². The van der Waals surface area contributed by atoms with Crippen LogP contribution in [0.4, 0.5) is 5.82 Å². The van der Waals surface area contributed by atoms with Gasteiger partial charge in [-0.25, -0.2) is 9.98 Å². The molecule has 1 fully saturated rings. The van der Waals surface area contributed by atoms with Crippen molar-refractivity contribution in [2.75, 3.05) is 51.8 Å². The molecule has 2 aromatic rings. The molecular weight excluding hydrogens is 491 g/mol. The van der Waals surface area contributed by atoms with E-state index >= 15 is 0 Å². The van der Waals surface area contributed by atoms with Gasteiger partial charge in [0.15, 0.2) is 5.96 Å². The lowest BCUT2D eigenvalue weighted by Crippen LogP contribution is -2.45. The lowest BCUT2D eigenvalue weighted by molar-refractivity contribution is 0.312. The van der Waals surface area contributed by atoms with Crippen molar-refractivity contribution in [2.24, 2.45) is 4.99 Å². The van der Waals surface area contributed by atoms with Gasteiger partial charge in [-0.05, 0) is 37.7 Å². The fourth-order valence-corrected chi connectivity index (χ4v) is 3.33. The van der Waals surface area contributed by atoms with E-state index in [4.69, 9.17) is 9.73 Å². The van der Waals surface area contributed by atoms with Crippen LogP contribution in [0, 0.1) is 0 Å². The highest BCUT2D eigenvalue weighted by atomic mass is 127. The van der Waals surface area contributed by atoms with E-state index in [2.05, 4.69) is 51.5 Å². The van der Waals surface area contributed by atoms with E-state index in [0.29, 0.717) is 13.1 Å². The summed E-state index contributed by atoms with van der Waals surface area (Å²) in [6, 6.07) is 12.1. The van der Waals surface area contributed by atoms with E-state index in [-0.39, 0.29) is 24.0 Å². The molecule has 0 unspecified atom stereocenters. The molecule has 0 bridgehead atoms. The zero-order chi connectivity index (χ0) is 20.5. The van der Waals surface area contributed by atoms with Gasteiger partial charge in [-0.2, -0.15) is 0 Å². The number of aliphatic imine (C=N–C) groups is 1. The zero-order valence-electron chi connectivity index (χ0n) is 18.1. The third-order valence-corrected chi connectivity index (χ3v) is 5.01. The summed E-state index contributed by atoms with van der Waals surface area (Å²) in [4.78, 5) is 14.1. The Labute approximate surface area is 196 Å². The van der Waals surface area contributed by atoms with Crippen LogP contribution in [0.1, 0.15) is 18.1 Å². The maximum Gasteiger partial charge on any atom is 0.191 e. The maximum absolute atomic E-state index is 5.30. The van der Waals surface area contributed by atoms with Crippen molar-refractivity contribution in [3.05, 3.63) is 53.7 Å². The van der Waals surface area contributed by atoms with Crippen LogP contribution in [-0.2, 0) is 13.1 Å². The standard InChI is InChI=1S/C22H32N6O.HI/c1-4-23-22(25-16-18-7-5-9-20(15-18)29-3)26-17-19-8-6-10-24-21(19)28-13-11-27(2)12-14-28;/h5-10,15H,4,11-14,16-17H2,1-3H3,(H2,23,25,26);1H. The number of hydrogen-bond acceptors (Lipinski definition) is 5. The number of piperazine rings is 1. The second-order valence-corrected chi connectivity index (χ2v) is 7.18. The molecule has 7 nitrogen and oxygen atoms in total. The number of methoxy groups -OCH3 is 1. The molecule has 1 aliphatic rings. The highest BCUT2D eigenvalue weighted by molar-refractivity contribution is 14.0. The zero-order valence-corrected chi connectivity index (χ0v) is 20.4. The molecule has 8 heteroatoms. The SMILES string of the molecule is CCNC(=NCc1cccc(OC)c1)NCc1cccnc1N1CCN(C)CC1.I. The lowest BCUT2D eigenvalue weighted by atomic mass is 10.2. The van der Waals surface area contributed by atoms with Crippen LogP contribution < -0.4 is 20.3 Å². The number of benzene rings is 1. The minimum atomic E-state index is 0. The van der Waals surface area contributed by atoms with E-state index in [1.54, 1.807) is 7.11 Å². The third kappa shape index (κ3) is 7.02. The van der Waals surface area contributed by atoms with Crippen LogP contribution in [-0.4, -0.2) is 62.7 Å². The van der Waals surface area contributed by atoms with Gasteiger partial charge in [-0.15, -0.1) is 24.0 Å². The molecule has 0 amide bonds. The first-order valence-electron chi connectivity index (χ1n) is 10.2. The Bertz CT molecular complexity index is 808. The van der Waals surface area contributed by atoms with Crippen LogP contribution in [0.15, 0.2) is 47.6 Å². The van der Waals surface area contributed by atoms with Crippen molar-refractivity contribution in [1.82, 2.24) is 20.5 Å². The fourth-order valence-electron chi connectivity index (χ4n) is 3.33. The Balaban J connectivity index is 0.00000320. The molecule has 2 heterocycles. The molecule has 1 aromatic heterocycles. The minimum Gasteiger partial charge on any atom is -0.497 e. The van der Waals surface area contributed by atoms with E-state index < -0.39 is 0 Å². The van der Waals surface area contributed by atoms with Crippen molar-refractivity contribution in [2.45, 2.75) is 20.0 Å². The first-order chi connectivity index (χ1) is 14.2. The topological polar surface area (TPSA) is 65.0 Å². The molecule has 1 aliphatic heterocycles. The van der Waals surface area contributed by atoms with Crippen LogP contribution in [0.25, 0.3) is 0 Å². The van der Waals surface area contributed by atoms with Crippen LogP contribution in [0.5, 0.6) is 5.75 Å². The molecule has 164 valence electrons. The van der Waals surface area contributed by atoms with Gasteiger partial charge in [0.25, 0.3) is 0 Å². The number of hydrogen-bond donors (Lipinski definition) is 2. The number of rotatable bonds is 7. The first kappa shape index (κ1) is 24.2. The van der Waals surface area contributed by atoms with E-state index in [0.717, 1.165) is 55.8 Å². The molecule has 2 N–H and O–H groups in total. The Morgan fingerprint density at radius 1 is 1.13 bits per heavy atom. The normalized spacial score (nSPS) is 14.8. The molecule has 0 atom stereocenters. The predicted molar refractivity (Wildman–Crippen MR) is 134 cm³/mol. The second-order valence-electron chi connectivity index (χ2n) is 7.18. The number of aromatic nitrogens is 1. The Morgan fingerprint density at radius 2 is 1.93 bits per heavy atom. The molecule has 0 spiro atoms. The van der Waals surface area contributed by atoms with E-state index in [1.807, 2.05) is 30.5 Å². The van der Waals surface area contributed by atoms with Gasteiger partial charge in [0, 0.05) is 51.0 Å². The number of ether oxygens (including phenoxy) is 1. The largest absolute Gasteiger partial charge is 0.497 e. The summed E-state index contributed by atoms with van der Waals surface area (Å²) < 4.78 is 5.30. The summed E-state index contributed by atoms with van der Waals surface area (Å²) in [5.41, 5.74) is 2.30. The molecule has 3 rings (SSSR count). The summed E-state index contributed by atoms with van der Waals surface area (Å²) in [6.45, 7) is 8.28. The molecular formula is C22H33IN6O. The van der Waals surface area contributed by atoms with Crippen molar-refractivity contribution >= 4 is 35.8 Å². The molecule has 1 saturated heterocycles. The summed E-state index contributed by atoms with van der Waals surface area (Å²) in [6.07, 6.45) is 1.87. The Hall–Kier alpha value is -2.07. The second kappa shape index (κ2) is 12.6. The van der Waals surface area contributed by atoms with Crippen LogP contribution in [0.2, 0.25) is 0 Å². The Kier molecular flexibility index (Phi) is 10.2. The predicted octanol–water partition coefficient (Wildman–Crippen LogP) is 2.72. The van der Waals surface area contributed by atoms with Gasteiger partial charge < -0.3 is 25.2 Å². The smallest absolute Gasteiger partial charge is 0.191 e. The van der Waals surface area contributed by atoms with Gasteiger partial charge in [-0.3, -0.25) is 0 Å². The fraction of sp³-hybridized carbons (Fsp3) is 0.455. The molecule has 0 saturated carbocycles. The maximum atomic E-state index is 5.30. The average molecular weight is 524 g/mol. The lowest BCUT2D eigenvalue weighted by Gasteiger charge is -2.34. The summed E-state index contributed by atoms with van der Waals surface area (Å²) in [7, 11) is 3.85. The molecule has 1 aromatic carbocycles. The van der Waals surface area contributed by atoms with Gasteiger partial charge >= 0.3 is 0 Å². The minimum absolute atomic E-state index is 0. The van der Waals surface area contributed by atoms with Crippen molar-refractivity contribution in [3.8, 4) is 5.75 Å². The highest BCUT2D eigenvalue weighted by Gasteiger charge is 2.17. The molecule has 0 radical (unpaired) electrons. The molecule has 0 aliphatic carbocycles. The quantitative estimate of drug-likeness (QED) is 0.330. The number of likely N-dealkylation sites (N-methyl/N-ethyl adjacent to an activating group) is 1. The number of nitrogens with zero attached hydrogens (tertiary/aromatic N) is 4. The van der Waals surface area contributed by atoms with Gasteiger partial charge in [-0.1, -0.05) is 18.2 Å². The number of pyridine rings is 1. The van der Waals surface area contributed by atoms with Gasteiger partial charge in [0.1, 0.15) is 11.6 Å². The summed E-state index contributed by atoms with van der Waals surface area (Å²) in [5, 5.41) is 6.78. The molecule has 30 heavy (non-hydrogen) atoms. The first-order valence-corrected chi connectivity index (χ1v) is 10.2. The third-order valence-electron chi connectivity index (χ3n) is 5.01. The van der Waals surface area contributed by atoms with Crippen molar-refractivity contribution in [1.29, 1.82) is 0 Å².